The Bertz CT molecular complexity index is 1690. The number of imidazole rings is 1. The van der Waals surface area contributed by atoms with Crippen LogP contribution in [0, 0.1) is 0 Å². The Morgan fingerprint density at radius 2 is 2.00 bits per heavy atom. The number of amides is 1. The molecule has 9 nitrogen and oxygen atoms in total. The van der Waals surface area contributed by atoms with E-state index in [0.717, 1.165) is 17.8 Å². The number of hydrogen-bond acceptors (Lipinski definition) is 6. The number of rotatable bonds is 4. The van der Waals surface area contributed by atoms with Gasteiger partial charge in [0.2, 0.25) is 0 Å². The number of fused-ring (bicyclic) bond motifs is 4. The highest BCUT2D eigenvalue weighted by atomic mass is 19.4. The highest BCUT2D eigenvalue weighted by Crippen LogP contribution is 2.37. The summed E-state index contributed by atoms with van der Waals surface area (Å²) in [5.74, 6) is 0.703. The van der Waals surface area contributed by atoms with Crippen molar-refractivity contribution in [3.63, 3.8) is 0 Å². The van der Waals surface area contributed by atoms with E-state index in [2.05, 4.69) is 15.1 Å². The highest BCUT2D eigenvalue weighted by molar-refractivity contribution is 6.08. The number of aromatic nitrogens is 5. The number of ether oxygens (including phenoxy) is 1. The van der Waals surface area contributed by atoms with Crippen LogP contribution in [0.25, 0.3) is 16.6 Å². The predicted molar refractivity (Wildman–Crippen MR) is 129 cm³/mol. The minimum atomic E-state index is -4.48. The van der Waals surface area contributed by atoms with Gasteiger partial charge in [-0.15, -0.1) is 0 Å². The normalized spacial score (nSPS) is 13.2. The van der Waals surface area contributed by atoms with Gasteiger partial charge in [-0.05, 0) is 30.3 Å². The molecule has 0 atom stereocenters. The molecule has 37 heavy (non-hydrogen) atoms. The molecule has 5 aromatic rings. The van der Waals surface area contributed by atoms with Crippen molar-refractivity contribution in [1.29, 1.82) is 0 Å². The Morgan fingerprint density at radius 1 is 1.16 bits per heavy atom. The Morgan fingerprint density at radius 3 is 2.76 bits per heavy atom. The van der Waals surface area contributed by atoms with Crippen molar-refractivity contribution in [1.82, 2.24) is 24.1 Å². The third-order valence-electron chi connectivity index (χ3n) is 6.31. The average molecular weight is 507 g/mol. The molecule has 2 N–H and O–H groups in total. The monoisotopic (exact) mass is 507 g/mol. The SMILES string of the molecule is Cn1cc(N(Cc2cn3cc(C(F)(F)F)ccc3n2)C(=O)c2ccc3nc(N)c4c(c3c2)OCC4)cn1. The largest absolute Gasteiger partial charge is 0.492 e. The van der Waals surface area contributed by atoms with Crippen molar-refractivity contribution in [2.45, 2.75) is 19.1 Å². The Hall–Kier alpha value is -4.61. The summed E-state index contributed by atoms with van der Waals surface area (Å²) in [5, 5.41) is 4.86. The summed E-state index contributed by atoms with van der Waals surface area (Å²) in [6.07, 6.45) is 1.85. The number of carbonyl (C=O) groups is 1. The molecule has 12 heteroatoms. The number of pyridine rings is 2. The van der Waals surface area contributed by atoms with Crippen LogP contribution in [-0.2, 0) is 26.2 Å². The summed E-state index contributed by atoms with van der Waals surface area (Å²) in [5.41, 5.74) is 8.36. The number of anilines is 2. The number of nitrogens with two attached hydrogens (primary N) is 1. The van der Waals surface area contributed by atoms with E-state index >= 15 is 0 Å². The number of nitrogens with zero attached hydrogens (tertiary/aromatic N) is 6. The molecule has 6 rings (SSSR count). The lowest BCUT2D eigenvalue weighted by molar-refractivity contribution is -0.137. The van der Waals surface area contributed by atoms with Crippen LogP contribution in [0.5, 0.6) is 5.75 Å². The van der Waals surface area contributed by atoms with Gasteiger partial charge in [-0.3, -0.25) is 14.4 Å². The Kier molecular flexibility index (Phi) is 5.07. The zero-order valence-electron chi connectivity index (χ0n) is 19.5. The number of benzene rings is 1. The van der Waals surface area contributed by atoms with Crippen LogP contribution in [-0.4, -0.2) is 36.7 Å². The summed E-state index contributed by atoms with van der Waals surface area (Å²) in [4.78, 5) is 24.1. The maximum Gasteiger partial charge on any atom is 0.417 e. The zero-order valence-corrected chi connectivity index (χ0v) is 19.5. The van der Waals surface area contributed by atoms with Crippen LogP contribution >= 0.6 is 0 Å². The fourth-order valence-corrected chi connectivity index (χ4v) is 4.52. The lowest BCUT2D eigenvalue weighted by Gasteiger charge is -2.20. The van der Waals surface area contributed by atoms with Gasteiger partial charge in [-0.1, -0.05) is 0 Å². The van der Waals surface area contributed by atoms with Crippen molar-refractivity contribution >= 4 is 34.0 Å². The van der Waals surface area contributed by atoms with Crippen LogP contribution in [0.4, 0.5) is 24.7 Å². The first-order valence-electron chi connectivity index (χ1n) is 11.4. The molecule has 0 fully saturated rings. The van der Waals surface area contributed by atoms with E-state index in [0.29, 0.717) is 58.1 Å². The lowest BCUT2D eigenvalue weighted by Crippen LogP contribution is -2.30. The molecule has 0 saturated heterocycles. The van der Waals surface area contributed by atoms with Crippen LogP contribution in [0.15, 0.2) is 55.1 Å². The Balaban J connectivity index is 1.39. The van der Waals surface area contributed by atoms with Crippen LogP contribution < -0.4 is 15.4 Å². The van der Waals surface area contributed by atoms with Gasteiger partial charge in [0.1, 0.15) is 17.2 Å². The maximum absolute atomic E-state index is 13.8. The molecular formula is C25H20F3N7O2. The zero-order chi connectivity index (χ0) is 25.9. The fraction of sp³-hybridized carbons (Fsp3) is 0.200. The quantitative estimate of drug-likeness (QED) is 0.395. The molecule has 0 saturated carbocycles. The molecule has 1 amide bonds. The number of hydrogen-bond donors (Lipinski definition) is 1. The molecule has 0 spiro atoms. The molecule has 1 aromatic carbocycles. The van der Waals surface area contributed by atoms with Gasteiger partial charge in [0, 0.05) is 48.6 Å². The molecule has 1 aliphatic rings. The lowest BCUT2D eigenvalue weighted by atomic mass is 10.1. The molecule has 0 bridgehead atoms. The van der Waals surface area contributed by atoms with E-state index in [9.17, 15) is 18.0 Å². The van der Waals surface area contributed by atoms with E-state index in [-0.39, 0.29) is 12.5 Å². The molecule has 0 unspecified atom stereocenters. The number of alkyl halides is 3. The fourth-order valence-electron chi connectivity index (χ4n) is 4.52. The summed E-state index contributed by atoms with van der Waals surface area (Å²) in [6, 6.07) is 7.36. The van der Waals surface area contributed by atoms with Crippen molar-refractivity contribution in [3.8, 4) is 5.75 Å². The molecule has 1 aliphatic heterocycles. The molecule has 0 aliphatic carbocycles. The van der Waals surface area contributed by atoms with E-state index in [1.165, 1.54) is 21.6 Å². The summed E-state index contributed by atoms with van der Waals surface area (Å²) < 4.78 is 48.1. The summed E-state index contributed by atoms with van der Waals surface area (Å²) >= 11 is 0. The van der Waals surface area contributed by atoms with Gasteiger partial charge in [-0.25, -0.2) is 9.97 Å². The van der Waals surface area contributed by atoms with Crippen LogP contribution in [0.3, 0.4) is 0 Å². The smallest absolute Gasteiger partial charge is 0.417 e. The first-order valence-corrected chi connectivity index (χ1v) is 11.4. The molecule has 188 valence electrons. The van der Waals surface area contributed by atoms with E-state index in [1.54, 1.807) is 42.3 Å². The van der Waals surface area contributed by atoms with Crippen molar-refractivity contribution in [2.75, 3.05) is 17.2 Å². The number of halogens is 3. The summed E-state index contributed by atoms with van der Waals surface area (Å²) in [6.45, 7) is 0.504. The minimum Gasteiger partial charge on any atom is -0.492 e. The maximum atomic E-state index is 13.8. The van der Waals surface area contributed by atoms with Crippen LogP contribution in [0.1, 0.15) is 27.2 Å². The van der Waals surface area contributed by atoms with Crippen LogP contribution in [0.2, 0.25) is 0 Å². The first kappa shape index (κ1) is 22.8. The summed E-state index contributed by atoms with van der Waals surface area (Å²) in [7, 11) is 1.72. The average Bonchev–Trinajstić information content (AvgIpc) is 3.60. The van der Waals surface area contributed by atoms with E-state index < -0.39 is 11.7 Å². The third-order valence-corrected chi connectivity index (χ3v) is 6.31. The van der Waals surface area contributed by atoms with Gasteiger partial charge in [0.05, 0.1) is 41.8 Å². The number of carbonyl (C=O) groups excluding carboxylic acids is 1. The number of nitrogen functional groups attached to an aromatic ring is 1. The van der Waals surface area contributed by atoms with Crippen molar-refractivity contribution in [3.05, 3.63) is 77.5 Å². The predicted octanol–water partition coefficient (Wildman–Crippen LogP) is 4.00. The second kappa shape index (κ2) is 8.22. The van der Waals surface area contributed by atoms with Gasteiger partial charge in [0.25, 0.3) is 5.91 Å². The van der Waals surface area contributed by atoms with E-state index in [1.807, 2.05) is 0 Å². The minimum absolute atomic E-state index is 0.0141. The topological polar surface area (TPSA) is 104 Å². The van der Waals surface area contributed by atoms with Gasteiger partial charge in [-0.2, -0.15) is 18.3 Å². The van der Waals surface area contributed by atoms with E-state index in [4.69, 9.17) is 10.5 Å². The van der Waals surface area contributed by atoms with Crippen molar-refractivity contribution in [2.24, 2.45) is 7.05 Å². The molecule has 4 aromatic heterocycles. The highest BCUT2D eigenvalue weighted by Gasteiger charge is 2.31. The van der Waals surface area contributed by atoms with Gasteiger partial charge >= 0.3 is 6.18 Å². The second-order valence-electron chi connectivity index (χ2n) is 8.81. The van der Waals surface area contributed by atoms with Gasteiger partial charge < -0.3 is 14.9 Å². The molecule has 5 heterocycles. The molecular weight excluding hydrogens is 487 g/mol. The number of aryl methyl sites for hydroxylation is 1. The standard InChI is InChI=1S/C25H20F3N7O2/c1-33-13-17(9-30-33)35(12-16-11-34-10-15(25(26,27)28)3-5-21(34)31-16)24(36)14-2-4-20-19(8-14)22-18(6-7-37-22)23(29)32-20/h2-5,8-11,13H,6-7,12H2,1H3,(H2,29,32). The molecule has 0 radical (unpaired) electrons. The third kappa shape index (κ3) is 3.99. The second-order valence-corrected chi connectivity index (χ2v) is 8.81. The van der Waals surface area contributed by atoms with Crippen molar-refractivity contribution < 1.29 is 22.7 Å². The Labute approximate surface area is 207 Å². The first-order chi connectivity index (χ1) is 17.7. The van der Waals surface area contributed by atoms with Gasteiger partial charge in [0.15, 0.2) is 0 Å².